The third-order valence-corrected chi connectivity index (χ3v) is 7.80. The monoisotopic (exact) mass is 426 g/mol. The summed E-state index contributed by atoms with van der Waals surface area (Å²) in [6, 6.07) is 0. The minimum Gasteiger partial charge on any atom is -0.392 e. The number of alkyl halides is 2. The molecule has 0 bridgehead atoms. The summed E-state index contributed by atoms with van der Waals surface area (Å²) in [5.41, 5.74) is -0.953. The maximum absolute atomic E-state index is 10.8. The predicted octanol–water partition coefficient (Wildman–Crippen LogP) is 6.15. The summed E-state index contributed by atoms with van der Waals surface area (Å²) in [6.07, 6.45) is 5.43. The Morgan fingerprint density at radius 3 is 1.26 bits per heavy atom. The van der Waals surface area contributed by atoms with E-state index in [-0.39, 0.29) is 10.8 Å². The molecule has 2 N–H and O–H groups in total. The zero-order valence-electron chi connectivity index (χ0n) is 18.4. The molecule has 0 aromatic rings. The lowest BCUT2D eigenvalue weighted by Crippen LogP contribution is -2.49. The van der Waals surface area contributed by atoms with E-state index in [0.717, 1.165) is 38.5 Å². The summed E-state index contributed by atoms with van der Waals surface area (Å²) in [4.78, 5) is 0. The summed E-state index contributed by atoms with van der Waals surface area (Å²) < 4.78 is 6.24. The highest BCUT2D eigenvalue weighted by Crippen LogP contribution is 2.42. The van der Waals surface area contributed by atoms with E-state index in [0.29, 0.717) is 26.1 Å². The van der Waals surface area contributed by atoms with Gasteiger partial charge in [0.05, 0.1) is 25.4 Å². The molecule has 0 rings (SSSR count). The van der Waals surface area contributed by atoms with Crippen molar-refractivity contribution in [2.45, 2.75) is 116 Å². The van der Waals surface area contributed by atoms with E-state index >= 15 is 0 Å². The van der Waals surface area contributed by atoms with Crippen LogP contribution in [-0.4, -0.2) is 46.4 Å². The Bertz CT molecular complexity index is 349. The SMILES string of the molecule is CCCC(Cl)C(CC)(COCC(CC)(C(O)CC)C(Cl)CCC)C(O)CC. The number of hydrogen-bond donors (Lipinski definition) is 2. The molecule has 0 radical (unpaired) electrons. The summed E-state index contributed by atoms with van der Waals surface area (Å²) in [6.45, 7) is 13.1. The molecule has 0 aliphatic rings. The van der Waals surface area contributed by atoms with Crippen LogP contribution in [0.15, 0.2) is 0 Å². The van der Waals surface area contributed by atoms with Gasteiger partial charge < -0.3 is 14.9 Å². The van der Waals surface area contributed by atoms with Crippen molar-refractivity contribution in [3.05, 3.63) is 0 Å². The fourth-order valence-electron chi connectivity index (χ4n) is 4.24. The molecule has 0 fully saturated rings. The fourth-order valence-corrected chi connectivity index (χ4v) is 5.40. The highest BCUT2D eigenvalue weighted by molar-refractivity contribution is 6.21. The first kappa shape index (κ1) is 27.5. The fraction of sp³-hybridized carbons (Fsp3) is 1.00. The average Bonchev–Trinajstić information content (AvgIpc) is 2.67. The maximum atomic E-state index is 10.8. The van der Waals surface area contributed by atoms with Gasteiger partial charge in [-0.15, -0.1) is 23.2 Å². The van der Waals surface area contributed by atoms with Crippen LogP contribution in [0.25, 0.3) is 0 Å². The van der Waals surface area contributed by atoms with Crippen molar-refractivity contribution < 1.29 is 14.9 Å². The molecule has 0 aromatic carbocycles. The van der Waals surface area contributed by atoms with E-state index in [1.54, 1.807) is 0 Å². The van der Waals surface area contributed by atoms with Crippen LogP contribution in [0.4, 0.5) is 0 Å². The second kappa shape index (κ2) is 13.6. The topological polar surface area (TPSA) is 49.7 Å². The molecule has 5 heteroatoms. The maximum Gasteiger partial charge on any atom is 0.0630 e. The molecule has 6 unspecified atom stereocenters. The largest absolute Gasteiger partial charge is 0.392 e. The second-order valence-electron chi connectivity index (χ2n) is 8.03. The zero-order chi connectivity index (χ0) is 21.1. The van der Waals surface area contributed by atoms with E-state index in [2.05, 4.69) is 27.7 Å². The molecule has 0 spiro atoms. The minimum absolute atomic E-state index is 0.142. The van der Waals surface area contributed by atoms with Crippen LogP contribution in [-0.2, 0) is 4.74 Å². The summed E-state index contributed by atoms with van der Waals surface area (Å²) in [5.74, 6) is 0. The smallest absolute Gasteiger partial charge is 0.0630 e. The van der Waals surface area contributed by atoms with Gasteiger partial charge in [-0.3, -0.25) is 0 Å². The molecule has 6 atom stereocenters. The first-order chi connectivity index (χ1) is 12.8. The Morgan fingerprint density at radius 1 is 0.704 bits per heavy atom. The number of aliphatic hydroxyl groups excluding tert-OH is 2. The lowest BCUT2D eigenvalue weighted by Gasteiger charge is -2.44. The number of halogens is 2. The summed E-state index contributed by atoms with van der Waals surface area (Å²) in [7, 11) is 0. The van der Waals surface area contributed by atoms with E-state index < -0.39 is 23.0 Å². The number of rotatable bonds is 16. The van der Waals surface area contributed by atoms with Crippen LogP contribution >= 0.6 is 23.2 Å². The standard InChI is InChI=1S/C22H44Cl2O3/c1-7-13-17(23)21(11-5,19(25)9-3)15-27-16-22(12-6,20(26)10-4)18(24)14-8-2/h17-20,25-26H,7-16H2,1-6H3. The highest BCUT2D eigenvalue weighted by atomic mass is 35.5. The van der Waals surface area contributed by atoms with E-state index in [1.165, 1.54) is 0 Å². The molecule has 0 aliphatic carbocycles. The Hall–Kier alpha value is 0.460. The first-order valence-corrected chi connectivity index (χ1v) is 11.8. The molecule has 164 valence electrons. The summed E-state index contributed by atoms with van der Waals surface area (Å²) >= 11 is 13.5. The van der Waals surface area contributed by atoms with Gasteiger partial charge in [0.2, 0.25) is 0 Å². The quantitative estimate of drug-likeness (QED) is 0.290. The van der Waals surface area contributed by atoms with Crippen molar-refractivity contribution in [2.75, 3.05) is 13.2 Å². The van der Waals surface area contributed by atoms with Crippen LogP contribution in [0.3, 0.4) is 0 Å². The number of aliphatic hydroxyl groups is 2. The molecular formula is C22H44Cl2O3. The van der Waals surface area contributed by atoms with Gasteiger partial charge in [-0.05, 0) is 38.5 Å². The van der Waals surface area contributed by atoms with Crippen molar-refractivity contribution in [2.24, 2.45) is 10.8 Å². The molecule has 3 nitrogen and oxygen atoms in total. The van der Waals surface area contributed by atoms with Crippen molar-refractivity contribution in [3.8, 4) is 0 Å². The molecular weight excluding hydrogens is 383 g/mol. The second-order valence-corrected chi connectivity index (χ2v) is 9.08. The van der Waals surface area contributed by atoms with E-state index in [1.807, 2.05) is 13.8 Å². The predicted molar refractivity (Wildman–Crippen MR) is 118 cm³/mol. The molecule has 0 heterocycles. The summed E-state index contributed by atoms with van der Waals surface area (Å²) in [5, 5.41) is 21.2. The van der Waals surface area contributed by atoms with Gasteiger partial charge in [-0.1, -0.05) is 54.4 Å². The van der Waals surface area contributed by atoms with Gasteiger partial charge in [0, 0.05) is 21.6 Å². The lowest BCUT2D eigenvalue weighted by atomic mass is 9.73. The van der Waals surface area contributed by atoms with Crippen LogP contribution in [0, 0.1) is 10.8 Å². The zero-order valence-corrected chi connectivity index (χ0v) is 20.0. The molecule has 27 heavy (non-hydrogen) atoms. The van der Waals surface area contributed by atoms with Crippen LogP contribution in [0.5, 0.6) is 0 Å². The van der Waals surface area contributed by atoms with Gasteiger partial charge >= 0.3 is 0 Å². The lowest BCUT2D eigenvalue weighted by molar-refractivity contribution is -0.0990. The van der Waals surface area contributed by atoms with Gasteiger partial charge in [0.25, 0.3) is 0 Å². The van der Waals surface area contributed by atoms with Crippen LogP contribution < -0.4 is 0 Å². The average molecular weight is 427 g/mol. The molecule has 0 aliphatic heterocycles. The minimum atomic E-state index is -0.508. The van der Waals surface area contributed by atoms with Gasteiger partial charge in [0.15, 0.2) is 0 Å². The molecule has 0 amide bonds. The van der Waals surface area contributed by atoms with Crippen LogP contribution in [0.2, 0.25) is 0 Å². The third kappa shape index (κ3) is 6.74. The Labute approximate surface area is 178 Å². The molecule has 0 saturated heterocycles. The van der Waals surface area contributed by atoms with E-state index in [9.17, 15) is 10.2 Å². The van der Waals surface area contributed by atoms with Gasteiger partial charge in [0.1, 0.15) is 0 Å². The Kier molecular flexibility index (Phi) is 13.9. The normalized spacial score (nSPS) is 21.1. The van der Waals surface area contributed by atoms with Crippen molar-refractivity contribution in [1.82, 2.24) is 0 Å². The number of hydrogen-bond acceptors (Lipinski definition) is 3. The highest BCUT2D eigenvalue weighted by Gasteiger charge is 2.45. The van der Waals surface area contributed by atoms with Gasteiger partial charge in [-0.2, -0.15) is 0 Å². The molecule has 0 aromatic heterocycles. The Balaban J connectivity index is 5.48. The molecule has 0 saturated carbocycles. The van der Waals surface area contributed by atoms with Gasteiger partial charge in [-0.25, -0.2) is 0 Å². The number of ether oxygens (including phenoxy) is 1. The van der Waals surface area contributed by atoms with Crippen LogP contribution in [0.1, 0.15) is 92.9 Å². The van der Waals surface area contributed by atoms with E-state index in [4.69, 9.17) is 27.9 Å². The van der Waals surface area contributed by atoms with Crippen molar-refractivity contribution >= 4 is 23.2 Å². The Morgan fingerprint density at radius 2 is 1.04 bits per heavy atom. The van der Waals surface area contributed by atoms with Crippen molar-refractivity contribution in [3.63, 3.8) is 0 Å². The third-order valence-electron chi connectivity index (χ3n) is 6.49. The van der Waals surface area contributed by atoms with Crippen molar-refractivity contribution in [1.29, 1.82) is 0 Å². The first-order valence-electron chi connectivity index (χ1n) is 11.0.